The molecule has 7 heteroatoms. The topological polar surface area (TPSA) is 76.1 Å². The smallest absolute Gasteiger partial charge is 0.265 e. The lowest BCUT2D eigenvalue weighted by Crippen LogP contribution is -2.26. The Morgan fingerprint density at radius 3 is 2.62 bits per heavy atom. The Kier molecular flexibility index (Phi) is 4.96. The zero-order chi connectivity index (χ0) is 19.1. The summed E-state index contributed by atoms with van der Waals surface area (Å²) < 4.78 is 22.9. The minimum absolute atomic E-state index is 0.00434. The van der Waals surface area contributed by atoms with Gasteiger partial charge in [-0.3, -0.25) is 4.79 Å². The van der Waals surface area contributed by atoms with Crippen LogP contribution in [0, 0.1) is 11.3 Å². The molecule has 1 atom stereocenters. The van der Waals surface area contributed by atoms with Crippen LogP contribution in [0.15, 0.2) is 29.4 Å². The maximum atomic E-state index is 12.5. The first-order valence-electron chi connectivity index (χ1n) is 8.63. The minimum atomic E-state index is -3.34. The maximum Gasteiger partial charge on any atom is 0.265 e. The van der Waals surface area contributed by atoms with E-state index in [1.54, 1.807) is 17.4 Å². The summed E-state index contributed by atoms with van der Waals surface area (Å²) in [6.45, 7) is 6.82. The number of carbonyl (C=O) groups excluding carboxylic acids is 1. The summed E-state index contributed by atoms with van der Waals surface area (Å²) in [4.78, 5) is 18.4. The lowest BCUT2D eigenvalue weighted by Gasteiger charge is -2.33. The van der Waals surface area contributed by atoms with Gasteiger partial charge in [0.05, 0.1) is 16.8 Å². The first-order valence-corrected chi connectivity index (χ1v) is 11.3. The molecule has 0 unspecified atom stereocenters. The summed E-state index contributed by atoms with van der Waals surface area (Å²) in [5.41, 5.74) is 2.05. The zero-order valence-corrected chi connectivity index (χ0v) is 17.1. The van der Waals surface area contributed by atoms with Gasteiger partial charge in [-0.1, -0.05) is 20.8 Å². The predicted octanol–water partition coefficient (Wildman–Crippen LogP) is 3.95. The molecule has 1 N–H and O–H groups in total. The van der Waals surface area contributed by atoms with Crippen molar-refractivity contribution in [2.45, 2.75) is 45.1 Å². The Morgan fingerprint density at radius 2 is 2.04 bits per heavy atom. The van der Waals surface area contributed by atoms with E-state index in [4.69, 9.17) is 0 Å². The molecule has 5 nitrogen and oxygen atoms in total. The van der Waals surface area contributed by atoms with Crippen LogP contribution in [0.5, 0.6) is 0 Å². The van der Waals surface area contributed by atoms with Crippen molar-refractivity contribution in [1.29, 1.82) is 0 Å². The first-order chi connectivity index (χ1) is 12.0. The first kappa shape index (κ1) is 19.0. The number of amides is 1. The molecule has 1 aliphatic rings. The van der Waals surface area contributed by atoms with E-state index in [-0.39, 0.29) is 16.3 Å². The van der Waals surface area contributed by atoms with Gasteiger partial charge in [-0.25, -0.2) is 13.4 Å². The molecule has 3 rings (SSSR count). The Bertz CT molecular complexity index is 923. The zero-order valence-electron chi connectivity index (χ0n) is 15.5. The average molecular weight is 393 g/mol. The highest BCUT2D eigenvalue weighted by molar-refractivity contribution is 7.90. The molecule has 2 aromatic heterocycles. The molecule has 0 saturated carbocycles. The number of pyridine rings is 1. The standard InChI is InChI=1S/C19H24N2O3S2/c1-19(2,3)13-5-7-15-12(9-13)10-16(25-15)18(22)21-14-6-8-17(20-11-14)26(4,23)24/h6,8,10-11,13H,5,7,9H2,1-4H3,(H,21,22)/t13-/m0/s1. The summed E-state index contributed by atoms with van der Waals surface area (Å²) in [7, 11) is -3.34. The molecule has 0 bridgehead atoms. The van der Waals surface area contributed by atoms with Crippen molar-refractivity contribution in [3.63, 3.8) is 0 Å². The summed E-state index contributed by atoms with van der Waals surface area (Å²) in [6.07, 6.45) is 5.69. The number of fused-ring (bicyclic) bond motifs is 1. The fraction of sp³-hybridized carbons (Fsp3) is 0.474. The largest absolute Gasteiger partial charge is 0.320 e. The van der Waals surface area contributed by atoms with Gasteiger partial charge in [0.1, 0.15) is 0 Å². The van der Waals surface area contributed by atoms with E-state index in [0.717, 1.165) is 25.5 Å². The highest BCUT2D eigenvalue weighted by Crippen LogP contribution is 2.40. The van der Waals surface area contributed by atoms with Gasteiger partial charge in [0, 0.05) is 11.1 Å². The molecule has 2 aromatic rings. The van der Waals surface area contributed by atoms with E-state index in [9.17, 15) is 13.2 Å². The van der Waals surface area contributed by atoms with E-state index < -0.39 is 9.84 Å². The van der Waals surface area contributed by atoms with Crippen LogP contribution >= 0.6 is 11.3 Å². The number of hydrogen-bond acceptors (Lipinski definition) is 5. The number of aryl methyl sites for hydroxylation is 1. The Labute approximate surface area is 158 Å². The van der Waals surface area contributed by atoms with Crippen LogP contribution in [0.1, 0.15) is 47.3 Å². The molecule has 0 radical (unpaired) electrons. The number of sulfone groups is 1. The van der Waals surface area contributed by atoms with Crippen molar-refractivity contribution in [3.8, 4) is 0 Å². The van der Waals surface area contributed by atoms with Crippen molar-refractivity contribution >= 4 is 32.8 Å². The maximum absolute atomic E-state index is 12.5. The lowest BCUT2D eigenvalue weighted by molar-refractivity contribution is 0.103. The fourth-order valence-corrected chi connectivity index (χ4v) is 4.90. The fourth-order valence-electron chi connectivity index (χ4n) is 3.24. The summed E-state index contributed by atoms with van der Waals surface area (Å²) >= 11 is 1.55. The molecule has 2 heterocycles. The summed E-state index contributed by atoms with van der Waals surface area (Å²) in [6, 6.07) is 4.97. The molecule has 0 spiro atoms. The molecule has 0 aliphatic heterocycles. The highest BCUT2D eigenvalue weighted by Gasteiger charge is 2.30. The van der Waals surface area contributed by atoms with Gasteiger partial charge in [0.25, 0.3) is 5.91 Å². The lowest BCUT2D eigenvalue weighted by atomic mass is 9.72. The van der Waals surface area contributed by atoms with Crippen LogP contribution in [0.25, 0.3) is 0 Å². The molecule has 1 aliphatic carbocycles. The molecule has 26 heavy (non-hydrogen) atoms. The van der Waals surface area contributed by atoms with E-state index in [0.29, 0.717) is 16.5 Å². The number of thiophene rings is 1. The third-order valence-corrected chi connectivity index (χ3v) is 7.14. The predicted molar refractivity (Wildman–Crippen MR) is 105 cm³/mol. The Morgan fingerprint density at radius 1 is 1.31 bits per heavy atom. The number of carbonyl (C=O) groups is 1. The quantitative estimate of drug-likeness (QED) is 0.858. The number of hydrogen-bond donors (Lipinski definition) is 1. The normalized spacial score (nSPS) is 17.6. The SMILES string of the molecule is CC(C)(C)[C@H]1CCc2sc(C(=O)Nc3ccc(S(C)(=O)=O)nc3)cc2C1. The number of anilines is 1. The van der Waals surface area contributed by atoms with E-state index in [2.05, 4.69) is 31.1 Å². The van der Waals surface area contributed by atoms with Crippen molar-refractivity contribution in [1.82, 2.24) is 4.98 Å². The van der Waals surface area contributed by atoms with Crippen LogP contribution in [0.3, 0.4) is 0 Å². The van der Waals surface area contributed by atoms with Gasteiger partial charge < -0.3 is 5.32 Å². The number of nitrogens with one attached hydrogen (secondary N) is 1. The van der Waals surface area contributed by atoms with Crippen molar-refractivity contribution in [3.05, 3.63) is 39.7 Å². The van der Waals surface area contributed by atoms with Gasteiger partial charge in [-0.15, -0.1) is 11.3 Å². The van der Waals surface area contributed by atoms with Crippen LogP contribution in [-0.2, 0) is 22.7 Å². The number of nitrogens with zero attached hydrogens (tertiary/aromatic N) is 1. The third kappa shape index (κ3) is 4.15. The molecule has 1 amide bonds. The van der Waals surface area contributed by atoms with Gasteiger partial charge >= 0.3 is 0 Å². The van der Waals surface area contributed by atoms with Gasteiger partial charge in [-0.05, 0) is 54.4 Å². The van der Waals surface area contributed by atoms with E-state index in [1.807, 2.05) is 6.07 Å². The van der Waals surface area contributed by atoms with Gasteiger partial charge in [0.15, 0.2) is 14.9 Å². The van der Waals surface area contributed by atoms with Gasteiger partial charge in [0.2, 0.25) is 0 Å². The number of aromatic nitrogens is 1. The third-order valence-electron chi connectivity index (χ3n) is 4.91. The second-order valence-corrected chi connectivity index (χ2v) is 11.1. The minimum Gasteiger partial charge on any atom is -0.320 e. The monoisotopic (exact) mass is 392 g/mol. The van der Waals surface area contributed by atoms with Crippen LogP contribution < -0.4 is 5.32 Å². The second-order valence-electron chi connectivity index (χ2n) is 7.98. The summed E-state index contributed by atoms with van der Waals surface area (Å²) in [5, 5.41) is 2.80. The van der Waals surface area contributed by atoms with Gasteiger partial charge in [-0.2, -0.15) is 0 Å². The Balaban J connectivity index is 1.73. The van der Waals surface area contributed by atoms with E-state index in [1.165, 1.54) is 22.7 Å². The molecule has 140 valence electrons. The molecule has 0 aromatic carbocycles. The highest BCUT2D eigenvalue weighted by atomic mass is 32.2. The van der Waals surface area contributed by atoms with Crippen LogP contribution in [-0.4, -0.2) is 25.6 Å². The Hall–Kier alpha value is -1.73. The second kappa shape index (κ2) is 6.78. The molecule has 0 fully saturated rings. The number of rotatable bonds is 3. The van der Waals surface area contributed by atoms with E-state index >= 15 is 0 Å². The molecular weight excluding hydrogens is 368 g/mol. The molecule has 0 saturated heterocycles. The average Bonchev–Trinajstić information content (AvgIpc) is 2.97. The van der Waals surface area contributed by atoms with Crippen LogP contribution in [0.4, 0.5) is 5.69 Å². The van der Waals surface area contributed by atoms with Crippen LogP contribution in [0.2, 0.25) is 0 Å². The molecular formula is C19H24N2O3S2. The van der Waals surface area contributed by atoms with Crippen molar-refractivity contribution in [2.75, 3.05) is 11.6 Å². The van der Waals surface area contributed by atoms with Crippen molar-refractivity contribution in [2.24, 2.45) is 11.3 Å². The summed E-state index contributed by atoms with van der Waals surface area (Å²) in [5.74, 6) is 0.457. The van der Waals surface area contributed by atoms with Crippen molar-refractivity contribution < 1.29 is 13.2 Å².